The van der Waals surface area contributed by atoms with Gasteiger partial charge in [0.05, 0.1) is 6.10 Å². The van der Waals surface area contributed by atoms with E-state index >= 15 is 0 Å². The number of rotatable bonds is 6. The lowest BCUT2D eigenvalue weighted by Gasteiger charge is -2.13. The van der Waals surface area contributed by atoms with Crippen LogP contribution in [0.5, 0.6) is 0 Å². The Morgan fingerprint density at radius 2 is 2.08 bits per heavy atom. The van der Waals surface area contributed by atoms with Gasteiger partial charge in [0.1, 0.15) is 7.85 Å². The van der Waals surface area contributed by atoms with Crippen molar-refractivity contribution in [2.75, 3.05) is 6.54 Å². The van der Waals surface area contributed by atoms with Crippen molar-refractivity contribution in [2.24, 2.45) is 0 Å². The van der Waals surface area contributed by atoms with Gasteiger partial charge in [-0.1, -0.05) is 0 Å². The first-order chi connectivity index (χ1) is 5.52. The van der Waals surface area contributed by atoms with Crippen molar-refractivity contribution in [3.63, 3.8) is 0 Å². The Balaban J connectivity index is 3.38. The molecule has 0 atom stereocenters. The summed E-state index contributed by atoms with van der Waals surface area (Å²) >= 11 is 0. The van der Waals surface area contributed by atoms with E-state index in [4.69, 9.17) is 12.6 Å². The molecule has 0 unspecified atom stereocenters. The third-order valence-corrected chi connectivity index (χ3v) is 1.15. The molecule has 0 aliphatic heterocycles. The second kappa shape index (κ2) is 5.75. The van der Waals surface area contributed by atoms with Crippen molar-refractivity contribution < 1.29 is 4.74 Å². The summed E-state index contributed by atoms with van der Waals surface area (Å²) in [6.07, 6.45) is 0.895. The number of hydrogen-bond acceptors (Lipinski definition) is 2. The summed E-state index contributed by atoms with van der Waals surface area (Å²) in [5.41, 5.74) is 0.667. The van der Waals surface area contributed by atoms with E-state index in [1.54, 1.807) is 0 Å². The first-order valence-electron chi connectivity index (χ1n) is 4.05. The standard InChI is InChI=1S/C9H16BNO/c1-7(2)12-9(4)11-6-5-8(3)10/h7,11H,3-6H2,1-2H3. The van der Waals surface area contributed by atoms with Gasteiger partial charge in [0.25, 0.3) is 0 Å². The number of ether oxygens (including phenoxy) is 1. The summed E-state index contributed by atoms with van der Waals surface area (Å²) in [6, 6.07) is 0. The van der Waals surface area contributed by atoms with Crippen molar-refractivity contribution in [1.29, 1.82) is 0 Å². The van der Waals surface area contributed by atoms with Crippen molar-refractivity contribution in [1.82, 2.24) is 5.32 Å². The average Bonchev–Trinajstić information content (AvgIpc) is 1.84. The SMILES string of the molecule is [B]C(=C)CCNC(=C)OC(C)C. The highest BCUT2D eigenvalue weighted by Crippen LogP contribution is 1.96. The van der Waals surface area contributed by atoms with Crippen LogP contribution in [0.4, 0.5) is 0 Å². The van der Waals surface area contributed by atoms with Crippen molar-refractivity contribution >= 4 is 7.85 Å². The molecule has 0 aromatic rings. The zero-order chi connectivity index (χ0) is 9.56. The minimum atomic E-state index is 0.158. The van der Waals surface area contributed by atoms with E-state index < -0.39 is 0 Å². The van der Waals surface area contributed by atoms with Gasteiger partial charge in [-0.25, -0.2) is 0 Å². The maximum atomic E-state index is 5.37. The highest BCUT2D eigenvalue weighted by molar-refractivity contribution is 6.21. The minimum Gasteiger partial charge on any atom is -0.477 e. The van der Waals surface area contributed by atoms with Crippen LogP contribution in [0.1, 0.15) is 20.3 Å². The number of nitrogens with one attached hydrogen (secondary N) is 1. The van der Waals surface area contributed by atoms with Gasteiger partial charge < -0.3 is 10.1 Å². The van der Waals surface area contributed by atoms with E-state index in [9.17, 15) is 0 Å². The van der Waals surface area contributed by atoms with E-state index in [2.05, 4.69) is 18.5 Å². The molecule has 0 aromatic heterocycles. The quantitative estimate of drug-likeness (QED) is 0.476. The second-order valence-electron chi connectivity index (χ2n) is 2.92. The Morgan fingerprint density at radius 1 is 1.50 bits per heavy atom. The van der Waals surface area contributed by atoms with Gasteiger partial charge in [-0.2, -0.15) is 0 Å². The van der Waals surface area contributed by atoms with Gasteiger partial charge in [-0.3, -0.25) is 0 Å². The van der Waals surface area contributed by atoms with Crippen LogP contribution in [-0.4, -0.2) is 20.5 Å². The third kappa shape index (κ3) is 7.25. The first kappa shape index (κ1) is 11.1. The first-order valence-corrected chi connectivity index (χ1v) is 4.05. The lowest BCUT2D eigenvalue weighted by molar-refractivity contribution is 0.132. The monoisotopic (exact) mass is 165 g/mol. The molecule has 0 saturated carbocycles. The fraction of sp³-hybridized carbons (Fsp3) is 0.556. The van der Waals surface area contributed by atoms with Crippen molar-refractivity contribution in [3.8, 4) is 0 Å². The van der Waals surface area contributed by atoms with Gasteiger partial charge in [0.2, 0.25) is 0 Å². The Bertz CT molecular complexity index is 166. The molecular weight excluding hydrogens is 149 g/mol. The molecule has 12 heavy (non-hydrogen) atoms. The molecule has 2 radical (unpaired) electrons. The summed E-state index contributed by atoms with van der Waals surface area (Å²) in [7, 11) is 5.37. The zero-order valence-electron chi connectivity index (χ0n) is 7.89. The summed E-state index contributed by atoms with van der Waals surface area (Å²) < 4.78 is 5.26. The summed E-state index contributed by atoms with van der Waals surface area (Å²) in [6.45, 7) is 11.9. The Morgan fingerprint density at radius 3 is 2.50 bits per heavy atom. The Labute approximate surface area is 76.1 Å². The molecule has 0 rings (SSSR count). The molecule has 0 aromatic carbocycles. The maximum Gasteiger partial charge on any atom is 0.179 e. The summed E-state index contributed by atoms with van der Waals surface area (Å²) in [5, 5.41) is 2.99. The average molecular weight is 165 g/mol. The molecule has 0 aliphatic rings. The molecular formula is C9H16BNO. The molecule has 0 bridgehead atoms. The smallest absolute Gasteiger partial charge is 0.179 e. The van der Waals surface area contributed by atoms with Crippen LogP contribution in [0.25, 0.3) is 0 Å². The lowest BCUT2D eigenvalue weighted by atomic mass is 9.95. The predicted octanol–water partition coefficient (Wildman–Crippen LogP) is 1.54. The van der Waals surface area contributed by atoms with E-state index in [0.717, 1.165) is 13.0 Å². The zero-order valence-corrected chi connectivity index (χ0v) is 7.89. The van der Waals surface area contributed by atoms with Gasteiger partial charge in [0, 0.05) is 6.54 Å². The molecule has 3 heteroatoms. The van der Waals surface area contributed by atoms with Crippen molar-refractivity contribution in [2.45, 2.75) is 26.4 Å². The van der Waals surface area contributed by atoms with Gasteiger partial charge in [0.15, 0.2) is 5.88 Å². The third-order valence-electron chi connectivity index (χ3n) is 1.15. The molecule has 1 N–H and O–H groups in total. The second-order valence-corrected chi connectivity index (χ2v) is 2.92. The maximum absolute atomic E-state index is 5.37. The fourth-order valence-electron chi connectivity index (χ4n) is 0.689. The van der Waals surface area contributed by atoms with Crippen molar-refractivity contribution in [3.05, 3.63) is 24.5 Å². The molecule has 2 nitrogen and oxygen atoms in total. The molecule has 0 amide bonds. The molecule has 0 heterocycles. The van der Waals surface area contributed by atoms with E-state index in [0.29, 0.717) is 11.4 Å². The highest BCUT2D eigenvalue weighted by atomic mass is 16.5. The highest BCUT2D eigenvalue weighted by Gasteiger charge is 1.96. The molecule has 0 aliphatic carbocycles. The van der Waals surface area contributed by atoms with E-state index in [-0.39, 0.29) is 6.10 Å². The lowest BCUT2D eigenvalue weighted by Crippen LogP contribution is -2.19. The Kier molecular flexibility index (Phi) is 5.34. The molecule has 66 valence electrons. The fourth-order valence-corrected chi connectivity index (χ4v) is 0.689. The van der Waals surface area contributed by atoms with Crippen LogP contribution < -0.4 is 5.32 Å². The molecule has 0 fully saturated rings. The van der Waals surface area contributed by atoms with Gasteiger partial charge >= 0.3 is 0 Å². The van der Waals surface area contributed by atoms with E-state index in [1.165, 1.54) is 0 Å². The summed E-state index contributed by atoms with van der Waals surface area (Å²) in [4.78, 5) is 0. The normalized spacial score (nSPS) is 9.58. The van der Waals surface area contributed by atoms with Crippen LogP contribution in [-0.2, 0) is 4.74 Å². The van der Waals surface area contributed by atoms with Crippen LogP contribution in [0, 0.1) is 0 Å². The largest absolute Gasteiger partial charge is 0.477 e. The number of hydrogen-bond donors (Lipinski definition) is 1. The minimum absolute atomic E-state index is 0.158. The molecule has 0 spiro atoms. The van der Waals surface area contributed by atoms with Gasteiger partial charge in [-0.15, -0.1) is 12.1 Å². The molecule has 0 saturated heterocycles. The van der Waals surface area contributed by atoms with Crippen LogP contribution in [0.2, 0.25) is 0 Å². The van der Waals surface area contributed by atoms with Crippen LogP contribution >= 0.6 is 0 Å². The van der Waals surface area contributed by atoms with Crippen LogP contribution in [0.15, 0.2) is 24.5 Å². The van der Waals surface area contributed by atoms with Crippen LogP contribution in [0.3, 0.4) is 0 Å². The summed E-state index contributed by atoms with van der Waals surface area (Å²) in [5.74, 6) is 0.589. The predicted molar refractivity (Wildman–Crippen MR) is 52.9 cm³/mol. The van der Waals surface area contributed by atoms with Gasteiger partial charge in [-0.05, 0) is 26.8 Å². The van der Waals surface area contributed by atoms with E-state index in [1.807, 2.05) is 13.8 Å². The Hall–Kier alpha value is -0.855. The topological polar surface area (TPSA) is 21.3 Å².